The Morgan fingerprint density at radius 1 is 1.11 bits per heavy atom. The number of rotatable bonds is 5. The molecule has 2 rings (SSSR count). The molecule has 0 fully saturated rings. The predicted octanol–water partition coefficient (Wildman–Crippen LogP) is 3.60. The summed E-state index contributed by atoms with van der Waals surface area (Å²) < 4.78 is 18.4. The van der Waals surface area contributed by atoms with E-state index < -0.39 is 0 Å². The fraction of sp³-hybridized carbons (Fsp3) is 0.200. The zero-order valence-electron chi connectivity index (χ0n) is 10.4. The first kappa shape index (κ1) is 13.8. The molecule has 0 aliphatic rings. The quantitative estimate of drug-likeness (QED) is 0.908. The van der Waals surface area contributed by atoms with Gasteiger partial charge in [0.1, 0.15) is 11.6 Å². The van der Waals surface area contributed by atoms with Crippen LogP contribution in [0.5, 0.6) is 5.75 Å². The molecule has 0 aliphatic carbocycles. The molecule has 19 heavy (non-hydrogen) atoms. The molecule has 2 N–H and O–H groups in total. The Bertz CT molecular complexity index is 530. The number of nitrogens with two attached hydrogens (primary N) is 1. The minimum absolute atomic E-state index is 0.0127. The third-order valence-corrected chi connectivity index (χ3v) is 3.24. The maximum atomic E-state index is 12.8. The summed E-state index contributed by atoms with van der Waals surface area (Å²) in [7, 11) is 0. The number of hydrogen-bond donors (Lipinski definition) is 1. The Kier molecular flexibility index (Phi) is 4.77. The summed E-state index contributed by atoms with van der Waals surface area (Å²) in [6.45, 7) is 0.844. The first-order chi connectivity index (χ1) is 9.20. The average molecular weight is 280 g/mol. The van der Waals surface area contributed by atoms with Crippen LogP contribution in [0.15, 0.2) is 48.5 Å². The molecule has 0 aromatic heterocycles. The molecule has 0 saturated carbocycles. The van der Waals surface area contributed by atoms with Crippen molar-refractivity contribution >= 4 is 11.6 Å². The van der Waals surface area contributed by atoms with Crippen LogP contribution in [-0.4, -0.2) is 13.2 Å². The lowest BCUT2D eigenvalue weighted by Gasteiger charge is -2.17. The Morgan fingerprint density at radius 3 is 2.42 bits per heavy atom. The first-order valence-corrected chi connectivity index (χ1v) is 6.41. The largest absolute Gasteiger partial charge is 0.493 e. The molecule has 0 amide bonds. The normalized spacial score (nSPS) is 12.2. The smallest absolute Gasteiger partial charge is 0.123 e. The molecule has 2 nitrogen and oxygen atoms in total. The molecule has 0 bridgehead atoms. The molecule has 2 aromatic carbocycles. The molecular weight excluding hydrogens is 265 g/mol. The molecule has 0 heterocycles. The third-order valence-electron chi connectivity index (χ3n) is 2.89. The Hall–Kier alpha value is -1.58. The summed E-state index contributed by atoms with van der Waals surface area (Å²) in [4.78, 5) is 0. The minimum atomic E-state index is -0.283. The second-order valence-corrected chi connectivity index (χ2v) is 4.63. The van der Waals surface area contributed by atoms with Crippen LogP contribution in [0.2, 0.25) is 5.02 Å². The van der Waals surface area contributed by atoms with Gasteiger partial charge >= 0.3 is 0 Å². The van der Waals surface area contributed by atoms with E-state index in [1.54, 1.807) is 12.1 Å². The zero-order chi connectivity index (χ0) is 13.7. The molecule has 4 heteroatoms. The molecule has 0 aliphatic heterocycles. The zero-order valence-corrected chi connectivity index (χ0v) is 11.1. The second-order valence-electron chi connectivity index (χ2n) is 4.22. The van der Waals surface area contributed by atoms with Crippen molar-refractivity contribution in [3.05, 3.63) is 64.9 Å². The summed E-state index contributed by atoms with van der Waals surface area (Å²) in [5.41, 5.74) is 6.73. The average Bonchev–Trinajstić information content (AvgIpc) is 2.43. The number of ether oxygens (including phenoxy) is 1. The van der Waals surface area contributed by atoms with E-state index in [2.05, 4.69) is 0 Å². The highest BCUT2D eigenvalue weighted by atomic mass is 35.5. The maximum absolute atomic E-state index is 12.8. The molecule has 0 spiro atoms. The Balaban J connectivity index is 2.04. The van der Waals surface area contributed by atoms with Crippen LogP contribution in [-0.2, 0) is 0 Å². The lowest BCUT2D eigenvalue weighted by molar-refractivity contribution is 0.290. The first-order valence-electron chi connectivity index (χ1n) is 6.03. The molecule has 2 aromatic rings. The molecule has 100 valence electrons. The van der Waals surface area contributed by atoms with E-state index in [9.17, 15) is 4.39 Å². The Labute approximate surface area is 117 Å². The SMILES string of the molecule is NCC(COc1ccc(F)cc1)c1ccccc1Cl. The van der Waals surface area contributed by atoms with Gasteiger partial charge in [-0.2, -0.15) is 0 Å². The molecule has 0 radical (unpaired) electrons. The van der Waals surface area contributed by atoms with Gasteiger partial charge in [0, 0.05) is 17.5 Å². The number of benzene rings is 2. The van der Waals surface area contributed by atoms with E-state index in [0.29, 0.717) is 23.9 Å². The van der Waals surface area contributed by atoms with E-state index in [1.807, 2.05) is 24.3 Å². The van der Waals surface area contributed by atoms with Crippen molar-refractivity contribution in [2.24, 2.45) is 5.73 Å². The monoisotopic (exact) mass is 279 g/mol. The van der Waals surface area contributed by atoms with Gasteiger partial charge < -0.3 is 10.5 Å². The second kappa shape index (κ2) is 6.55. The van der Waals surface area contributed by atoms with Crippen molar-refractivity contribution in [2.75, 3.05) is 13.2 Å². The van der Waals surface area contributed by atoms with Gasteiger partial charge in [-0.3, -0.25) is 0 Å². The standard InChI is InChI=1S/C15H15ClFNO/c16-15-4-2-1-3-14(15)11(9-18)10-19-13-7-5-12(17)6-8-13/h1-8,11H,9-10,18H2. The van der Waals surface area contributed by atoms with E-state index in [4.69, 9.17) is 22.1 Å². The summed E-state index contributed by atoms with van der Waals surface area (Å²) in [6, 6.07) is 13.5. The lowest BCUT2D eigenvalue weighted by atomic mass is 10.0. The van der Waals surface area contributed by atoms with Crippen LogP contribution in [0.4, 0.5) is 4.39 Å². The minimum Gasteiger partial charge on any atom is -0.493 e. The fourth-order valence-corrected chi connectivity index (χ4v) is 2.11. The van der Waals surface area contributed by atoms with E-state index in [1.165, 1.54) is 12.1 Å². The van der Waals surface area contributed by atoms with Gasteiger partial charge in [-0.05, 0) is 35.9 Å². The van der Waals surface area contributed by atoms with E-state index in [0.717, 1.165) is 5.56 Å². The summed E-state index contributed by atoms with van der Waals surface area (Å²) in [5, 5.41) is 0.681. The predicted molar refractivity (Wildman–Crippen MR) is 75.1 cm³/mol. The molecule has 1 atom stereocenters. The van der Waals surface area contributed by atoms with Gasteiger partial charge in [0.15, 0.2) is 0 Å². The van der Waals surface area contributed by atoms with Crippen LogP contribution in [0.3, 0.4) is 0 Å². The highest BCUT2D eigenvalue weighted by Crippen LogP contribution is 2.24. The molecule has 0 saturated heterocycles. The van der Waals surface area contributed by atoms with Crippen LogP contribution >= 0.6 is 11.6 Å². The summed E-state index contributed by atoms with van der Waals surface area (Å²) in [5.74, 6) is 0.347. The van der Waals surface area contributed by atoms with Gasteiger partial charge in [-0.1, -0.05) is 29.8 Å². The van der Waals surface area contributed by atoms with Crippen LogP contribution in [0.1, 0.15) is 11.5 Å². The Morgan fingerprint density at radius 2 is 1.79 bits per heavy atom. The lowest BCUT2D eigenvalue weighted by Crippen LogP contribution is -2.20. The third kappa shape index (κ3) is 3.69. The van der Waals surface area contributed by atoms with Crippen LogP contribution in [0.25, 0.3) is 0 Å². The van der Waals surface area contributed by atoms with Gasteiger partial charge in [-0.25, -0.2) is 4.39 Å². The topological polar surface area (TPSA) is 35.2 Å². The van der Waals surface area contributed by atoms with Gasteiger partial charge in [0.05, 0.1) is 6.61 Å². The van der Waals surface area contributed by atoms with Crippen molar-refractivity contribution in [2.45, 2.75) is 5.92 Å². The summed E-state index contributed by atoms with van der Waals surface area (Å²) >= 11 is 6.14. The van der Waals surface area contributed by atoms with Crippen molar-refractivity contribution < 1.29 is 9.13 Å². The van der Waals surface area contributed by atoms with Crippen molar-refractivity contribution in [1.29, 1.82) is 0 Å². The van der Waals surface area contributed by atoms with E-state index >= 15 is 0 Å². The van der Waals surface area contributed by atoms with Gasteiger partial charge in [0.25, 0.3) is 0 Å². The number of halogens is 2. The van der Waals surface area contributed by atoms with Crippen LogP contribution in [0, 0.1) is 5.82 Å². The highest BCUT2D eigenvalue weighted by molar-refractivity contribution is 6.31. The fourth-order valence-electron chi connectivity index (χ4n) is 1.82. The highest BCUT2D eigenvalue weighted by Gasteiger charge is 2.13. The molecular formula is C15H15ClFNO. The van der Waals surface area contributed by atoms with Crippen molar-refractivity contribution in [1.82, 2.24) is 0 Å². The van der Waals surface area contributed by atoms with Crippen molar-refractivity contribution in [3.8, 4) is 5.75 Å². The summed E-state index contributed by atoms with van der Waals surface area (Å²) in [6.07, 6.45) is 0. The number of hydrogen-bond acceptors (Lipinski definition) is 2. The van der Waals surface area contributed by atoms with E-state index in [-0.39, 0.29) is 11.7 Å². The van der Waals surface area contributed by atoms with Gasteiger partial charge in [-0.15, -0.1) is 0 Å². The van der Waals surface area contributed by atoms with Crippen molar-refractivity contribution in [3.63, 3.8) is 0 Å². The van der Waals surface area contributed by atoms with Gasteiger partial charge in [0.2, 0.25) is 0 Å². The maximum Gasteiger partial charge on any atom is 0.123 e. The van der Waals surface area contributed by atoms with Crippen LogP contribution < -0.4 is 10.5 Å². The molecule has 1 unspecified atom stereocenters.